The molecular formula is C19H21N5O2. The van der Waals surface area contributed by atoms with Crippen LogP contribution in [0.2, 0.25) is 0 Å². The van der Waals surface area contributed by atoms with E-state index >= 15 is 0 Å². The van der Waals surface area contributed by atoms with Crippen LogP contribution in [-0.2, 0) is 7.05 Å². The van der Waals surface area contributed by atoms with Crippen LogP contribution in [0.4, 0.5) is 0 Å². The average Bonchev–Trinajstić information content (AvgIpc) is 3.05. The van der Waals surface area contributed by atoms with E-state index in [1.165, 1.54) is 6.20 Å². The highest BCUT2D eigenvalue weighted by atomic mass is 16.2. The fourth-order valence-electron chi connectivity index (χ4n) is 2.74. The van der Waals surface area contributed by atoms with E-state index in [0.29, 0.717) is 5.56 Å². The number of rotatable bonds is 5. The second kappa shape index (κ2) is 7.35. The average molecular weight is 351 g/mol. The minimum atomic E-state index is -0.390. The molecular weight excluding hydrogens is 330 g/mol. The molecule has 134 valence electrons. The Morgan fingerprint density at radius 2 is 1.88 bits per heavy atom. The molecule has 0 aliphatic rings. The molecule has 1 atom stereocenters. The minimum absolute atomic E-state index is 0.155. The first-order chi connectivity index (χ1) is 12.5. The van der Waals surface area contributed by atoms with Crippen LogP contribution in [0.3, 0.4) is 0 Å². The van der Waals surface area contributed by atoms with Crippen LogP contribution in [-0.4, -0.2) is 25.4 Å². The number of imidazole rings is 1. The van der Waals surface area contributed by atoms with Gasteiger partial charge in [0.2, 0.25) is 0 Å². The maximum absolute atomic E-state index is 12.7. The van der Waals surface area contributed by atoms with Crippen molar-refractivity contribution in [2.45, 2.75) is 19.9 Å². The summed E-state index contributed by atoms with van der Waals surface area (Å²) in [6, 6.07) is 6.99. The Labute approximate surface area is 151 Å². The van der Waals surface area contributed by atoms with Crippen LogP contribution < -0.4 is 11.0 Å². The van der Waals surface area contributed by atoms with Crippen molar-refractivity contribution in [3.05, 3.63) is 70.9 Å². The first-order valence-electron chi connectivity index (χ1n) is 8.39. The summed E-state index contributed by atoms with van der Waals surface area (Å²) in [5.74, 6) is 0.869. The molecule has 3 aromatic rings. The minimum Gasteiger partial charge on any atom is -0.342 e. The van der Waals surface area contributed by atoms with Gasteiger partial charge in [0, 0.05) is 43.0 Å². The van der Waals surface area contributed by atoms with Crippen LogP contribution >= 0.6 is 0 Å². The first kappa shape index (κ1) is 17.6. The third-order valence-corrected chi connectivity index (χ3v) is 4.24. The van der Waals surface area contributed by atoms with Gasteiger partial charge in [-0.3, -0.25) is 4.79 Å². The smallest absolute Gasteiger partial charge is 0.342 e. The molecule has 3 rings (SSSR count). The Bertz CT molecular complexity index is 936. The summed E-state index contributed by atoms with van der Waals surface area (Å²) >= 11 is 0. The standard InChI is InChI=1S/C19H21N5O2/c1-12(2)16(17-20-8-9-24(17)3)23-18(25)14-6-4-13(5-7-14)15-10-21-19(26)22-11-15/h4-12,16H,1-3H3,(H,23,25)(H,21,22,26)/t16-/m0/s1. The van der Waals surface area contributed by atoms with Gasteiger partial charge in [0.15, 0.2) is 0 Å². The fraction of sp³-hybridized carbons (Fsp3) is 0.263. The predicted molar refractivity (Wildman–Crippen MR) is 98.5 cm³/mol. The zero-order chi connectivity index (χ0) is 18.7. The maximum atomic E-state index is 12.7. The zero-order valence-corrected chi connectivity index (χ0v) is 14.9. The molecule has 2 N–H and O–H groups in total. The Hall–Kier alpha value is -3.22. The number of aromatic amines is 1. The van der Waals surface area contributed by atoms with Gasteiger partial charge in [0.25, 0.3) is 5.91 Å². The summed E-state index contributed by atoms with van der Waals surface area (Å²) < 4.78 is 1.91. The summed E-state index contributed by atoms with van der Waals surface area (Å²) in [7, 11) is 1.91. The second-order valence-electron chi connectivity index (χ2n) is 6.48. The number of amides is 1. The van der Waals surface area contributed by atoms with Crippen LogP contribution in [0.25, 0.3) is 11.1 Å². The Morgan fingerprint density at radius 3 is 2.42 bits per heavy atom. The monoisotopic (exact) mass is 351 g/mol. The molecule has 7 nitrogen and oxygen atoms in total. The van der Waals surface area contributed by atoms with Crippen LogP contribution in [0.15, 0.2) is 53.8 Å². The van der Waals surface area contributed by atoms with E-state index < -0.39 is 5.69 Å². The molecule has 0 spiro atoms. The largest absolute Gasteiger partial charge is 0.344 e. The summed E-state index contributed by atoms with van der Waals surface area (Å²) in [5.41, 5.74) is 1.82. The molecule has 1 amide bonds. The number of aryl methyl sites for hydroxylation is 1. The van der Waals surface area contributed by atoms with Gasteiger partial charge in [0.1, 0.15) is 5.82 Å². The number of benzene rings is 1. The van der Waals surface area contributed by atoms with Crippen LogP contribution in [0.1, 0.15) is 36.1 Å². The van der Waals surface area contributed by atoms with Crippen molar-refractivity contribution in [2.24, 2.45) is 13.0 Å². The summed E-state index contributed by atoms with van der Waals surface area (Å²) in [5, 5.41) is 3.06. The van der Waals surface area contributed by atoms with Gasteiger partial charge >= 0.3 is 5.69 Å². The van der Waals surface area contributed by atoms with Crippen molar-refractivity contribution in [1.82, 2.24) is 24.8 Å². The van der Waals surface area contributed by atoms with Gasteiger partial charge in [-0.25, -0.2) is 14.8 Å². The molecule has 0 fully saturated rings. The van der Waals surface area contributed by atoms with Gasteiger partial charge in [0.05, 0.1) is 6.04 Å². The van der Waals surface area contributed by atoms with E-state index in [0.717, 1.165) is 17.0 Å². The molecule has 2 heterocycles. The number of carbonyl (C=O) groups is 1. The van der Waals surface area contributed by atoms with Gasteiger partial charge < -0.3 is 14.9 Å². The topological polar surface area (TPSA) is 92.7 Å². The summed E-state index contributed by atoms with van der Waals surface area (Å²) in [6.07, 6.45) is 6.69. The van der Waals surface area contributed by atoms with Crippen molar-refractivity contribution < 1.29 is 4.79 Å². The van der Waals surface area contributed by atoms with Crippen molar-refractivity contribution >= 4 is 5.91 Å². The molecule has 0 saturated carbocycles. The fourth-order valence-corrected chi connectivity index (χ4v) is 2.74. The summed E-state index contributed by atoms with van der Waals surface area (Å²) in [6.45, 7) is 4.10. The molecule has 0 aliphatic heterocycles. The van der Waals surface area contributed by atoms with Gasteiger partial charge in [-0.1, -0.05) is 26.0 Å². The number of aromatic nitrogens is 4. The van der Waals surface area contributed by atoms with Crippen LogP contribution in [0.5, 0.6) is 0 Å². The molecule has 0 radical (unpaired) electrons. The predicted octanol–water partition coefficient (Wildman–Crippen LogP) is 2.30. The lowest BCUT2D eigenvalue weighted by Crippen LogP contribution is -2.33. The molecule has 1 aromatic carbocycles. The number of nitrogens with zero attached hydrogens (tertiary/aromatic N) is 3. The normalized spacial score (nSPS) is 12.2. The van der Waals surface area contributed by atoms with E-state index in [2.05, 4.69) is 20.3 Å². The number of hydrogen-bond acceptors (Lipinski definition) is 4. The lowest BCUT2D eigenvalue weighted by Gasteiger charge is -2.22. The SMILES string of the molecule is CC(C)[C@H](NC(=O)c1ccc(-c2cnc(=O)[nH]c2)cc1)c1nccn1C. The highest BCUT2D eigenvalue weighted by molar-refractivity contribution is 5.94. The van der Waals surface area contributed by atoms with Crippen molar-refractivity contribution in [2.75, 3.05) is 0 Å². The Morgan fingerprint density at radius 1 is 1.15 bits per heavy atom. The third-order valence-electron chi connectivity index (χ3n) is 4.24. The van der Waals surface area contributed by atoms with Gasteiger partial charge in [-0.05, 0) is 23.6 Å². The Balaban J connectivity index is 1.78. The van der Waals surface area contributed by atoms with E-state index in [-0.39, 0.29) is 17.9 Å². The molecule has 26 heavy (non-hydrogen) atoms. The number of hydrogen-bond donors (Lipinski definition) is 2. The van der Waals surface area contributed by atoms with Crippen molar-refractivity contribution in [3.8, 4) is 11.1 Å². The molecule has 2 aromatic heterocycles. The zero-order valence-electron chi connectivity index (χ0n) is 14.9. The number of H-pyrrole nitrogens is 1. The molecule has 0 saturated heterocycles. The quantitative estimate of drug-likeness (QED) is 0.738. The van der Waals surface area contributed by atoms with E-state index in [1.54, 1.807) is 24.5 Å². The highest BCUT2D eigenvalue weighted by Crippen LogP contribution is 2.21. The first-order valence-corrected chi connectivity index (χ1v) is 8.39. The van der Waals surface area contributed by atoms with E-state index in [4.69, 9.17) is 0 Å². The Kier molecular flexibility index (Phi) is 4.97. The van der Waals surface area contributed by atoms with Gasteiger partial charge in [-0.15, -0.1) is 0 Å². The van der Waals surface area contributed by atoms with E-state index in [1.807, 2.05) is 43.8 Å². The number of nitrogens with one attached hydrogen (secondary N) is 2. The summed E-state index contributed by atoms with van der Waals surface area (Å²) in [4.78, 5) is 34.3. The second-order valence-corrected chi connectivity index (χ2v) is 6.48. The van der Waals surface area contributed by atoms with Crippen molar-refractivity contribution in [3.63, 3.8) is 0 Å². The van der Waals surface area contributed by atoms with Gasteiger partial charge in [-0.2, -0.15) is 0 Å². The van der Waals surface area contributed by atoms with E-state index in [9.17, 15) is 9.59 Å². The lowest BCUT2D eigenvalue weighted by molar-refractivity contribution is 0.0922. The molecule has 0 bridgehead atoms. The third kappa shape index (κ3) is 3.72. The lowest BCUT2D eigenvalue weighted by atomic mass is 10.0. The van der Waals surface area contributed by atoms with Crippen LogP contribution in [0, 0.1) is 5.92 Å². The highest BCUT2D eigenvalue weighted by Gasteiger charge is 2.22. The molecule has 0 unspecified atom stereocenters. The molecule has 0 aliphatic carbocycles. The molecule has 7 heteroatoms. The maximum Gasteiger partial charge on any atom is 0.344 e. The number of carbonyl (C=O) groups excluding carboxylic acids is 1. The van der Waals surface area contributed by atoms with Crippen molar-refractivity contribution in [1.29, 1.82) is 0 Å².